The Morgan fingerprint density at radius 1 is 0.958 bits per heavy atom. The molecule has 1 heterocycles. The summed E-state index contributed by atoms with van der Waals surface area (Å²) in [5, 5.41) is -0.766. The molecule has 124 valence electrons. The number of benzene rings is 2. The highest BCUT2D eigenvalue weighted by molar-refractivity contribution is 7.92. The molecule has 0 amide bonds. The van der Waals surface area contributed by atoms with Crippen molar-refractivity contribution in [2.75, 3.05) is 0 Å². The fourth-order valence-corrected chi connectivity index (χ4v) is 4.57. The Labute approximate surface area is 141 Å². The van der Waals surface area contributed by atoms with Crippen LogP contribution in [0.5, 0.6) is 0 Å². The topological polar surface area (TPSA) is 60.4 Å². The Hall–Kier alpha value is -2.40. The van der Waals surface area contributed by atoms with Gasteiger partial charge < -0.3 is 4.74 Å². The Morgan fingerprint density at radius 3 is 2.25 bits per heavy atom. The summed E-state index contributed by atoms with van der Waals surface area (Å²) >= 11 is 0. The molecule has 0 unspecified atom stereocenters. The van der Waals surface area contributed by atoms with Crippen molar-refractivity contribution < 1.29 is 17.9 Å². The molecule has 24 heavy (non-hydrogen) atoms. The maximum absolute atomic E-state index is 12.9. The van der Waals surface area contributed by atoms with E-state index < -0.39 is 21.2 Å². The van der Waals surface area contributed by atoms with Crippen LogP contribution in [0.4, 0.5) is 0 Å². The van der Waals surface area contributed by atoms with Crippen LogP contribution in [0.3, 0.4) is 0 Å². The zero-order chi connectivity index (χ0) is 17.0. The molecule has 0 spiro atoms. The van der Waals surface area contributed by atoms with Gasteiger partial charge >= 0.3 is 5.97 Å². The molecule has 0 N–H and O–H groups in total. The minimum absolute atomic E-state index is 0.117. The van der Waals surface area contributed by atoms with Crippen LogP contribution < -0.4 is 0 Å². The lowest BCUT2D eigenvalue weighted by Gasteiger charge is -2.29. The van der Waals surface area contributed by atoms with Crippen LogP contribution in [0.15, 0.2) is 71.6 Å². The van der Waals surface area contributed by atoms with E-state index in [9.17, 15) is 13.2 Å². The van der Waals surface area contributed by atoms with Crippen LogP contribution in [0, 0.1) is 0 Å². The van der Waals surface area contributed by atoms with Gasteiger partial charge in [-0.3, -0.25) is 4.79 Å². The van der Waals surface area contributed by atoms with Gasteiger partial charge in [0, 0.05) is 6.42 Å². The van der Waals surface area contributed by atoms with Gasteiger partial charge in [-0.15, -0.1) is 0 Å². The summed E-state index contributed by atoms with van der Waals surface area (Å²) in [6.45, 7) is 0. The number of cyclic esters (lactones) is 1. The van der Waals surface area contributed by atoms with E-state index in [0.717, 1.165) is 5.56 Å². The summed E-state index contributed by atoms with van der Waals surface area (Å²) in [4.78, 5) is 11.9. The van der Waals surface area contributed by atoms with E-state index in [1.807, 2.05) is 30.3 Å². The van der Waals surface area contributed by atoms with Crippen molar-refractivity contribution in [2.45, 2.75) is 29.1 Å². The molecule has 1 fully saturated rings. The van der Waals surface area contributed by atoms with Gasteiger partial charge in [-0.2, -0.15) is 0 Å². The van der Waals surface area contributed by atoms with E-state index in [1.54, 1.807) is 42.5 Å². The molecule has 0 radical (unpaired) electrons. The van der Waals surface area contributed by atoms with Crippen LogP contribution in [0.25, 0.3) is 6.08 Å². The van der Waals surface area contributed by atoms with Crippen LogP contribution in [0.2, 0.25) is 0 Å². The van der Waals surface area contributed by atoms with E-state index >= 15 is 0 Å². The molecule has 2 atom stereocenters. The molecule has 4 nitrogen and oxygen atoms in total. The Bertz CT molecular complexity index is 826. The van der Waals surface area contributed by atoms with Crippen LogP contribution in [0.1, 0.15) is 18.4 Å². The first-order valence-electron chi connectivity index (χ1n) is 7.79. The van der Waals surface area contributed by atoms with Crippen LogP contribution in [-0.4, -0.2) is 25.7 Å². The highest BCUT2D eigenvalue weighted by atomic mass is 32.2. The first-order chi connectivity index (χ1) is 11.6. The van der Waals surface area contributed by atoms with Gasteiger partial charge in [0.25, 0.3) is 0 Å². The minimum Gasteiger partial charge on any atom is -0.457 e. The number of ether oxygens (including phenoxy) is 1. The van der Waals surface area contributed by atoms with Crippen molar-refractivity contribution in [3.05, 3.63) is 72.3 Å². The number of sulfone groups is 1. The van der Waals surface area contributed by atoms with Crippen molar-refractivity contribution in [3.8, 4) is 0 Å². The van der Waals surface area contributed by atoms with E-state index in [-0.39, 0.29) is 23.7 Å². The van der Waals surface area contributed by atoms with Crippen molar-refractivity contribution >= 4 is 21.9 Å². The van der Waals surface area contributed by atoms with Gasteiger partial charge in [-0.25, -0.2) is 8.42 Å². The summed E-state index contributed by atoms with van der Waals surface area (Å²) in [5.41, 5.74) is 0.926. The predicted octanol–water partition coefficient (Wildman–Crippen LogP) is 3.25. The molecule has 0 saturated carbocycles. The van der Waals surface area contributed by atoms with Crippen molar-refractivity contribution in [2.24, 2.45) is 0 Å². The zero-order valence-corrected chi connectivity index (χ0v) is 13.9. The molecular formula is C19H18O4S. The van der Waals surface area contributed by atoms with Crippen LogP contribution in [-0.2, 0) is 19.4 Å². The number of hydrogen-bond donors (Lipinski definition) is 0. The second-order valence-corrected chi connectivity index (χ2v) is 7.83. The highest BCUT2D eigenvalue weighted by Crippen LogP contribution is 2.28. The zero-order valence-electron chi connectivity index (χ0n) is 13.0. The molecule has 0 aliphatic carbocycles. The molecule has 1 aliphatic heterocycles. The van der Waals surface area contributed by atoms with Gasteiger partial charge in [0.05, 0.1) is 4.90 Å². The number of esters is 1. The van der Waals surface area contributed by atoms with Gasteiger partial charge in [0.15, 0.2) is 9.84 Å². The molecule has 2 aromatic rings. The lowest BCUT2D eigenvalue weighted by Crippen LogP contribution is -2.40. The van der Waals surface area contributed by atoms with Gasteiger partial charge in [-0.05, 0) is 30.2 Å². The van der Waals surface area contributed by atoms with Gasteiger partial charge in [0.1, 0.15) is 11.4 Å². The number of rotatable bonds is 4. The quantitative estimate of drug-likeness (QED) is 0.800. The predicted molar refractivity (Wildman–Crippen MR) is 92.0 cm³/mol. The average Bonchev–Trinajstić information content (AvgIpc) is 2.61. The first kappa shape index (κ1) is 16.5. The summed E-state index contributed by atoms with van der Waals surface area (Å²) < 4.78 is 31.1. The summed E-state index contributed by atoms with van der Waals surface area (Å²) in [7, 11) is -3.57. The standard InChI is InChI=1S/C19H18O4S/c20-19-14-13-18(24(21,22)16-9-5-2-6-10-16)17(23-19)12-11-15-7-3-1-4-8-15/h1-12,17-18H,13-14H2/b12-11-/t17-,18+/m0/s1. The Balaban J connectivity index is 1.90. The molecule has 0 aromatic heterocycles. The van der Waals surface area contributed by atoms with Crippen molar-refractivity contribution in [1.29, 1.82) is 0 Å². The van der Waals surface area contributed by atoms with Crippen molar-refractivity contribution in [1.82, 2.24) is 0 Å². The Kier molecular flexibility index (Phi) is 4.81. The first-order valence-corrected chi connectivity index (χ1v) is 9.34. The molecule has 0 bridgehead atoms. The van der Waals surface area contributed by atoms with E-state index in [4.69, 9.17) is 4.74 Å². The molecular weight excluding hydrogens is 324 g/mol. The fraction of sp³-hybridized carbons (Fsp3) is 0.211. The molecule has 2 aromatic carbocycles. The lowest BCUT2D eigenvalue weighted by molar-refractivity contribution is -0.150. The third-order valence-electron chi connectivity index (χ3n) is 4.02. The normalized spacial score (nSPS) is 21.6. The monoisotopic (exact) mass is 342 g/mol. The minimum atomic E-state index is -3.57. The van der Waals surface area contributed by atoms with E-state index in [2.05, 4.69) is 0 Å². The SMILES string of the molecule is O=C1CC[C@@H](S(=O)(=O)c2ccccc2)[C@H](/C=C\c2ccccc2)O1. The average molecular weight is 342 g/mol. The maximum Gasteiger partial charge on any atom is 0.306 e. The second-order valence-electron chi connectivity index (χ2n) is 5.66. The molecule has 1 saturated heterocycles. The third-order valence-corrected chi connectivity index (χ3v) is 6.25. The Morgan fingerprint density at radius 2 is 1.58 bits per heavy atom. The maximum atomic E-state index is 12.9. The van der Waals surface area contributed by atoms with Gasteiger partial charge in [-0.1, -0.05) is 54.6 Å². The number of carbonyl (C=O) groups is 1. The number of hydrogen-bond acceptors (Lipinski definition) is 4. The van der Waals surface area contributed by atoms with Crippen LogP contribution >= 0.6 is 0 Å². The largest absolute Gasteiger partial charge is 0.457 e. The molecule has 3 rings (SSSR count). The summed E-state index contributed by atoms with van der Waals surface area (Å²) in [5.74, 6) is -0.364. The number of carbonyl (C=O) groups excluding carboxylic acids is 1. The smallest absolute Gasteiger partial charge is 0.306 e. The van der Waals surface area contributed by atoms with Gasteiger partial charge in [0.2, 0.25) is 0 Å². The summed E-state index contributed by atoms with van der Waals surface area (Å²) in [6.07, 6.45) is 3.05. The fourth-order valence-electron chi connectivity index (χ4n) is 2.76. The van der Waals surface area contributed by atoms with Crippen molar-refractivity contribution in [3.63, 3.8) is 0 Å². The lowest BCUT2D eigenvalue weighted by atomic mass is 10.1. The highest BCUT2D eigenvalue weighted by Gasteiger charge is 2.39. The molecule has 5 heteroatoms. The van der Waals surface area contributed by atoms with E-state index in [0.29, 0.717) is 0 Å². The summed E-state index contributed by atoms with van der Waals surface area (Å²) in [6, 6.07) is 17.8. The van der Waals surface area contributed by atoms with E-state index in [1.165, 1.54) is 0 Å². The third kappa shape index (κ3) is 3.57. The second kappa shape index (κ2) is 7.01. The molecule has 1 aliphatic rings.